The van der Waals surface area contributed by atoms with E-state index in [4.69, 9.17) is 4.98 Å². The molecule has 6 heterocycles. The number of carbonyl (C=O) groups excluding carboxylic acids is 3. The highest BCUT2D eigenvalue weighted by Crippen LogP contribution is 2.43. The molecule has 1 aromatic carbocycles. The third-order valence-electron chi connectivity index (χ3n) is 11.3. The lowest BCUT2D eigenvalue weighted by Gasteiger charge is -2.54. The first-order valence-electron chi connectivity index (χ1n) is 18.2. The summed E-state index contributed by atoms with van der Waals surface area (Å²) >= 11 is 0. The summed E-state index contributed by atoms with van der Waals surface area (Å²) in [6.45, 7) is 4.06. The molecule has 8 rings (SSSR count). The molecule has 4 aliphatic rings. The van der Waals surface area contributed by atoms with Crippen LogP contribution in [0.2, 0.25) is 0 Å². The number of benzene rings is 1. The number of anilines is 3. The number of fused-ring (bicyclic) bond motifs is 1. The highest BCUT2D eigenvalue weighted by atomic mass is 19.1. The SMILES string of the molecule is CN(C)C(=O)c1cc2cnc(Nc3ccc(CN4CC5(CCN(c6cc(F)c([C@@H]7CCC(=O)NC7=O)c(F)c6)CC5)C4)cn3)nc2n1C1CCCC1. The molecule has 4 aromatic rings. The lowest BCUT2D eigenvalue weighted by molar-refractivity contribution is -0.134. The smallest absolute Gasteiger partial charge is 0.270 e. The number of aromatic nitrogens is 4. The van der Waals surface area contributed by atoms with Gasteiger partial charge in [0.05, 0.1) is 5.92 Å². The predicted molar refractivity (Wildman–Crippen MR) is 191 cm³/mol. The van der Waals surface area contributed by atoms with Gasteiger partial charge in [-0.1, -0.05) is 18.9 Å². The average molecular weight is 712 g/mol. The largest absolute Gasteiger partial charge is 0.371 e. The second kappa shape index (κ2) is 13.5. The summed E-state index contributed by atoms with van der Waals surface area (Å²) in [6.07, 6.45) is 9.95. The van der Waals surface area contributed by atoms with E-state index in [0.717, 1.165) is 74.8 Å². The van der Waals surface area contributed by atoms with Crippen molar-refractivity contribution in [1.29, 1.82) is 0 Å². The van der Waals surface area contributed by atoms with Crippen LogP contribution < -0.4 is 15.5 Å². The monoisotopic (exact) mass is 711 g/mol. The van der Waals surface area contributed by atoms with E-state index < -0.39 is 29.4 Å². The van der Waals surface area contributed by atoms with Gasteiger partial charge in [-0.2, -0.15) is 4.98 Å². The third-order valence-corrected chi connectivity index (χ3v) is 11.3. The minimum atomic E-state index is -1.00. The molecule has 272 valence electrons. The molecule has 3 amide bonds. The predicted octanol–water partition coefficient (Wildman–Crippen LogP) is 5.29. The number of amides is 3. The third kappa shape index (κ3) is 6.48. The van der Waals surface area contributed by atoms with Crippen LogP contribution in [0.5, 0.6) is 0 Å². The Morgan fingerprint density at radius 3 is 2.38 bits per heavy atom. The van der Waals surface area contributed by atoms with Gasteiger partial charge in [0.25, 0.3) is 5.91 Å². The molecular weight excluding hydrogens is 668 g/mol. The van der Waals surface area contributed by atoms with Crippen LogP contribution in [0.25, 0.3) is 11.0 Å². The van der Waals surface area contributed by atoms with Gasteiger partial charge in [-0.25, -0.2) is 18.7 Å². The standard InChI is InChI=1S/C38H43F2N9O3/c1-46(2)36(52)30-15-24-19-42-37(45-34(24)49(30)25-5-3-4-6-25)43-31-9-7-23(18-41-31)20-47-21-38(22-47)11-13-48(14-12-38)26-16-28(39)33(29(40)17-26)27-8-10-32(50)44-35(27)51/h7,9,15-19,25,27H,3-6,8,10-14,20-22H2,1-2H3,(H,44,50,51)(H,41,42,43,45)/t27-/m0/s1. The molecule has 0 unspecified atom stereocenters. The maximum Gasteiger partial charge on any atom is 0.270 e. The highest BCUT2D eigenvalue weighted by molar-refractivity contribution is 6.01. The van der Waals surface area contributed by atoms with E-state index in [1.54, 1.807) is 25.2 Å². The fourth-order valence-corrected chi connectivity index (χ4v) is 8.58. The zero-order valence-electron chi connectivity index (χ0n) is 29.5. The molecule has 2 N–H and O–H groups in total. The van der Waals surface area contributed by atoms with E-state index in [-0.39, 0.29) is 35.8 Å². The number of nitrogens with one attached hydrogen (secondary N) is 2. The van der Waals surface area contributed by atoms with Crippen LogP contribution in [0, 0.1) is 17.0 Å². The van der Waals surface area contributed by atoms with E-state index in [2.05, 4.69) is 36.1 Å². The first kappa shape index (κ1) is 34.1. The molecule has 14 heteroatoms. The van der Waals surface area contributed by atoms with E-state index in [9.17, 15) is 14.4 Å². The average Bonchev–Trinajstić information content (AvgIpc) is 3.77. The Balaban J connectivity index is 0.860. The Bertz CT molecular complexity index is 2000. The molecule has 1 atom stereocenters. The van der Waals surface area contributed by atoms with Gasteiger partial charge in [0.15, 0.2) is 0 Å². The first-order valence-corrected chi connectivity index (χ1v) is 18.2. The van der Waals surface area contributed by atoms with Gasteiger partial charge in [-0.3, -0.25) is 24.6 Å². The van der Waals surface area contributed by atoms with Crippen molar-refractivity contribution in [2.45, 2.75) is 69.9 Å². The van der Waals surface area contributed by atoms with Gasteiger partial charge >= 0.3 is 0 Å². The number of pyridine rings is 1. The van der Waals surface area contributed by atoms with Crippen LogP contribution in [-0.4, -0.2) is 87.3 Å². The number of nitrogens with zero attached hydrogens (tertiary/aromatic N) is 7. The summed E-state index contributed by atoms with van der Waals surface area (Å²) < 4.78 is 32.4. The molecule has 1 spiro atoms. The number of hydrogen-bond acceptors (Lipinski definition) is 9. The molecule has 3 aromatic heterocycles. The second-order valence-electron chi connectivity index (χ2n) is 15.1. The van der Waals surface area contributed by atoms with Crippen molar-refractivity contribution in [2.24, 2.45) is 5.41 Å². The molecule has 1 aliphatic carbocycles. The second-order valence-corrected chi connectivity index (χ2v) is 15.1. The molecule has 3 aliphatic heterocycles. The highest BCUT2D eigenvalue weighted by Gasteiger charge is 2.45. The van der Waals surface area contributed by atoms with Crippen LogP contribution >= 0.6 is 0 Å². The molecular formula is C38H43F2N9O3. The number of carbonyl (C=O) groups is 3. The number of rotatable bonds is 8. The lowest BCUT2D eigenvalue weighted by atomic mass is 9.72. The van der Waals surface area contributed by atoms with Gasteiger partial charge in [-0.05, 0) is 67.3 Å². The Kier molecular flexibility index (Phi) is 8.88. The number of likely N-dealkylation sites (tertiary alicyclic amines) is 1. The zero-order chi connectivity index (χ0) is 36.1. The summed E-state index contributed by atoms with van der Waals surface area (Å²) in [6, 6.07) is 8.76. The van der Waals surface area contributed by atoms with Crippen molar-refractivity contribution in [3.8, 4) is 0 Å². The summed E-state index contributed by atoms with van der Waals surface area (Å²) in [5, 5.41) is 6.27. The Hall–Kier alpha value is -4.98. The van der Waals surface area contributed by atoms with Crippen molar-refractivity contribution < 1.29 is 23.2 Å². The Labute approximate surface area is 300 Å². The summed E-state index contributed by atoms with van der Waals surface area (Å²) in [5.74, 6) is -2.54. The molecule has 4 fully saturated rings. The molecule has 1 saturated carbocycles. The quantitative estimate of drug-likeness (QED) is 0.235. The van der Waals surface area contributed by atoms with Gasteiger partial charge < -0.3 is 19.7 Å². The van der Waals surface area contributed by atoms with E-state index in [1.165, 1.54) is 12.1 Å². The van der Waals surface area contributed by atoms with E-state index in [1.807, 2.05) is 23.2 Å². The summed E-state index contributed by atoms with van der Waals surface area (Å²) in [4.78, 5) is 56.8. The molecule has 3 saturated heterocycles. The summed E-state index contributed by atoms with van der Waals surface area (Å²) in [7, 11) is 3.53. The fourth-order valence-electron chi connectivity index (χ4n) is 8.58. The minimum absolute atomic E-state index is 0.0423. The number of imide groups is 1. The van der Waals surface area contributed by atoms with Crippen LogP contribution in [0.15, 0.2) is 42.7 Å². The minimum Gasteiger partial charge on any atom is -0.371 e. The van der Waals surface area contributed by atoms with Crippen molar-refractivity contribution in [3.05, 3.63) is 71.2 Å². The van der Waals surface area contributed by atoms with Crippen molar-refractivity contribution in [1.82, 2.24) is 34.6 Å². The zero-order valence-corrected chi connectivity index (χ0v) is 29.5. The number of halogens is 2. The van der Waals surface area contributed by atoms with Crippen molar-refractivity contribution >= 4 is 46.2 Å². The maximum atomic E-state index is 15.1. The molecule has 0 bridgehead atoms. The van der Waals surface area contributed by atoms with Gasteiger partial charge in [0, 0.05) is 88.3 Å². The Morgan fingerprint density at radius 2 is 1.73 bits per heavy atom. The van der Waals surface area contributed by atoms with Gasteiger partial charge in [-0.15, -0.1) is 0 Å². The summed E-state index contributed by atoms with van der Waals surface area (Å²) in [5.41, 5.74) is 2.89. The number of hydrogen-bond donors (Lipinski definition) is 2. The van der Waals surface area contributed by atoms with Crippen LogP contribution in [0.3, 0.4) is 0 Å². The topological polar surface area (TPSA) is 129 Å². The van der Waals surface area contributed by atoms with Crippen LogP contribution in [0.1, 0.15) is 84.9 Å². The lowest BCUT2D eigenvalue weighted by Crippen LogP contribution is -2.59. The van der Waals surface area contributed by atoms with Crippen LogP contribution in [-0.2, 0) is 16.1 Å². The normalized spacial score (nSPS) is 20.7. The fraction of sp³-hybridized carbons (Fsp3) is 0.474. The Morgan fingerprint density at radius 1 is 1.00 bits per heavy atom. The first-order chi connectivity index (χ1) is 25.1. The number of piperidine rings is 2. The van der Waals surface area contributed by atoms with Crippen LogP contribution in [0.4, 0.5) is 26.2 Å². The van der Waals surface area contributed by atoms with Crippen molar-refractivity contribution in [3.63, 3.8) is 0 Å². The van der Waals surface area contributed by atoms with Gasteiger partial charge in [0.2, 0.25) is 17.8 Å². The van der Waals surface area contributed by atoms with Gasteiger partial charge in [0.1, 0.15) is 28.8 Å². The van der Waals surface area contributed by atoms with E-state index >= 15 is 8.78 Å². The molecule has 52 heavy (non-hydrogen) atoms. The molecule has 0 radical (unpaired) electrons. The maximum absolute atomic E-state index is 15.1. The van der Waals surface area contributed by atoms with Crippen molar-refractivity contribution in [2.75, 3.05) is 50.5 Å². The molecule has 12 nitrogen and oxygen atoms in total. The van der Waals surface area contributed by atoms with E-state index in [0.29, 0.717) is 36.2 Å².